The van der Waals surface area contributed by atoms with E-state index in [1.165, 1.54) is 19.3 Å². The molecule has 0 aliphatic heterocycles. The second kappa shape index (κ2) is 7.27. The summed E-state index contributed by atoms with van der Waals surface area (Å²) in [6.07, 6.45) is 7.74. The fourth-order valence-electron chi connectivity index (χ4n) is 2.14. The Morgan fingerprint density at radius 3 is 2.89 bits per heavy atom. The second-order valence-electron chi connectivity index (χ2n) is 5.61. The van der Waals surface area contributed by atoms with Gasteiger partial charge in [-0.3, -0.25) is 0 Å². The number of hydrogen-bond donors (Lipinski definition) is 2. The Balaban J connectivity index is 1.60. The molecule has 1 saturated carbocycles. The number of unbranched alkanes of at least 4 members (excludes halogenated alkanes) is 1. The molecule has 0 saturated heterocycles. The zero-order chi connectivity index (χ0) is 13.6. The Labute approximate surface area is 120 Å². The molecule has 2 rings (SSSR count). The van der Waals surface area contributed by atoms with Gasteiger partial charge in [-0.15, -0.1) is 11.8 Å². The van der Waals surface area contributed by atoms with Crippen LogP contribution in [0.5, 0.6) is 0 Å². The molecular formula is C15H24N2OS. The highest BCUT2D eigenvalue weighted by Crippen LogP contribution is 2.25. The second-order valence-corrected chi connectivity index (χ2v) is 6.73. The van der Waals surface area contributed by atoms with Gasteiger partial charge in [0, 0.05) is 17.8 Å². The number of aromatic nitrogens is 1. The monoisotopic (exact) mass is 280 g/mol. The standard InChI is InChI=1S/C15H24N2OS/c1-15(12-18,17-13-7-8-13)9-3-5-11-19-14-6-2-4-10-16-14/h2,4,6,10,13,17-18H,3,5,7-9,11-12H2,1H3. The average molecular weight is 280 g/mol. The SMILES string of the molecule is CC(CO)(CCCCSc1ccccn1)NC1CC1. The Hall–Kier alpha value is -0.580. The zero-order valence-electron chi connectivity index (χ0n) is 11.6. The summed E-state index contributed by atoms with van der Waals surface area (Å²) in [5.41, 5.74) is -0.0865. The minimum absolute atomic E-state index is 0.0865. The third kappa shape index (κ3) is 5.51. The van der Waals surface area contributed by atoms with E-state index in [4.69, 9.17) is 0 Å². The third-order valence-electron chi connectivity index (χ3n) is 3.49. The quantitative estimate of drug-likeness (QED) is 0.539. The minimum Gasteiger partial charge on any atom is -0.394 e. The summed E-state index contributed by atoms with van der Waals surface area (Å²) < 4.78 is 0. The van der Waals surface area contributed by atoms with Crippen molar-refractivity contribution in [1.82, 2.24) is 10.3 Å². The van der Waals surface area contributed by atoms with Crippen molar-refractivity contribution in [2.45, 2.75) is 55.6 Å². The van der Waals surface area contributed by atoms with Crippen LogP contribution in [0.15, 0.2) is 29.4 Å². The molecule has 0 bridgehead atoms. The molecule has 4 heteroatoms. The van der Waals surface area contributed by atoms with Gasteiger partial charge in [0.2, 0.25) is 0 Å². The van der Waals surface area contributed by atoms with Gasteiger partial charge in [-0.05, 0) is 50.5 Å². The van der Waals surface area contributed by atoms with Gasteiger partial charge in [-0.1, -0.05) is 12.5 Å². The Morgan fingerprint density at radius 1 is 1.42 bits per heavy atom. The summed E-state index contributed by atoms with van der Waals surface area (Å²) in [4.78, 5) is 4.30. The third-order valence-corrected chi connectivity index (χ3v) is 4.52. The van der Waals surface area contributed by atoms with Crippen LogP contribution in [-0.2, 0) is 0 Å². The highest BCUT2D eigenvalue weighted by Gasteiger charge is 2.31. The smallest absolute Gasteiger partial charge is 0.0959 e. The van der Waals surface area contributed by atoms with E-state index in [-0.39, 0.29) is 12.1 Å². The van der Waals surface area contributed by atoms with E-state index in [2.05, 4.69) is 23.3 Å². The summed E-state index contributed by atoms with van der Waals surface area (Å²) in [6, 6.07) is 6.68. The number of pyridine rings is 1. The van der Waals surface area contributed by atoms with Crippen molar-refractivity contribution in [2.24, 2.45) is 0 Å². The average Bonchev–Trinajstić information content (AvgIpc) is 3.23. The summed E-state index contributed by atoms with van der Waals surface area (Å²) in [5.74, 6) is 1.10. The van der Waals surface area contributed by atoms with E-state index in [1.54, 1.807) is 0 Å². The highest BCUT2D eigenvalue weighted by atomic mass is 32.2. The lowest BCUT2D eigenvalue weighted by atomic mass is 9.96. The lowest BCUT2D eigenvalue weighted by molar-refractivity contribution is 0.161. The number of nitrogens with one attached hydrogen (secondary N) is 1. The minimum atomic E-state index is -0.0865. The summed E-state index contributed by atoms with van der Waals surface area (Å²) in [6.45, 7) is 2.37. The topological polar surface area (TPSA) is 45.2 Å². The Morgan fingerprint density at radius 2 is 2.26 bits per heavy atom. The van der Waals surface area contributed by atoms with Gasteiger partial charge in [0.15, 0.2) is 0 Å². The van der Waals surface area contributed by atoms with E-state index in [0.717, 1.165) is 23.6 Å². The molecule has 1 aromatic rings. The molecule has 19 heavy (non-hydrogen) atoms. The fourth-order valence-corrected chi connectivity index (χ4v) is 3.01. The maximum atomic E-state index is 9.52. The number of aliphatic hydroxyl groups excluding tert-OH is 1. The molecular weight excluding hydrogens is 256 g/mol. The van der Waals surface area contributed by atoms with Crippen LogP contribution in [0, 0.1) is 0 Å². The van der Waals surface area contributed by atoms with Gasteiger partial charge in [0.05, 0.1) is 11.6 Å². The molecule has 106 valence electrons. The molecule has 1 aromatic heterocycles. The maximum Gasteiger partial charge on any atom is 0.0959 e. The summed E-state index contributed by atoms with van der Waals surface area (Å²) >= 11 is 1.81. The van der Waals surface area contributed by atoms with Crippen LogP contribution in [0.4, 0.5) is 0 Å². The lowest BCUT2D eigenvalue weighted by Crippen LogP contribution is -2.46. The molecule has 0 radical (unpaired) electrons. The number of thioether (sulfide) groups is 1. The number of aliphatic hydroxyl groups is 1. The predicted molar refractivity (Wildman–Crippen MR) is 80.5 cm³/mol. The highest BCUT2D eigenvalue weighted by molar-refractivity contribution is 7.99. The van der Waals surface area contributed by atoms with Gasteiger partial charge < -0.3 is 10.4 Å². The number of hydrogen-bond acceptors (Lipinski definition) is 4. The predicted octanol–water partition coefficient (Wildman–Crippen LogP) is 2.85. The van der Waals surface area contributed by atoms with E-state index in [9.17, 15) is 5.11 Å². The molecule has 0 amide bonds. The van der Waals surface area contributed by atoms with Crippen LogP contribution >= 0.6 is 11.8 Å². The van der Waals surface area contributed by atoms with Gasteiger partial charge in [-0.2, -0.15) is 0 Å². The van der Waals surface area contributed by atoms with E-state index < -0.39 is 0 Å². The normalized spacial score (nSPS) is 18.2. The number of nitrogens with zero attached hydrogens (tertiary/aromatic N) is 1. The molecule has 1 unspecified atom stereocenters. The summed E-state index contributed by atoms with van der Waals surface area (Å²) in [7, 11) is 0. The van der Waals surface area contributed by atoms with Crippen LogP contribution < -0.4 is 5.32 Å². The number of rotatable bonds is 9. The van der Waals surface area contributed by atoms with Crippen LogP contribution in [0.2, 0.25) is 0 Å². The molecule has 0 spiro atoms. The molecule has 1 heterocycles. The van der Waals surface area contributed by atoms with Crippen molar-refractivity contribution in [1.29, 1.82) is 0 Å². The van der Waals surface area contributed by atoms with Crippen molar-refractivity contribution in [3.05, 3.63) is 24.4 Å². The first-order valence-corrected chi connectivity index (χ1v) is 8.13. The van der Waals surface area contributed by atoms with Crippen molar-refractivity contribution in [2.75, 3.05) is 12.4 Å². The first-order valence-electron chi connectivity index (χ1n) is 7.14. The summed E-state index contributed by atoms with van der Waals surface area (Å²) in [5, 5.41) is 14.2. The first-order chi connectivity index (χ1) is 9.22. The van der Waals surface area contributed by atoms with Crippen molar-refractivity contribution in [3.63, 3.8) is 0 Å². The van der Waals surface area contributed by atoms with Crippen LogP contribution in [0.25, 0.3) is 0 Å². The molecule has 1 atom stereocenters. The maximum absolute atomic E-state index is 9.52. The molecule has 1 fully saturated rings. The Bertz CT molecular complexity index is 370. The fraction of sp³-hybridized carbons (Fsp3) is 0.667. The van der Waals surface area contributed by atoms with Crippen molar-refractivity contribution in [3.8, 4) is 0 Å². The van der Waals surface area contributed by atoms with E-state index in [1.807, 2.05) is 30.1 Å². The van der Waals surface area contributed by atoms with E-state index in [0.29, 0.717) is 6.04 Å². The molecule has 0 aromatic carbocycles. The van der Waals surface area contributed by atoms with Gasteiger partial charge in [0.25, 0.3) is 0 Å². The zero-order valence-corrected chi connectivity index (χ0v) is 12.5. The van der Waals surface area contributed by atoms with Crippen LogP contribution in [0.1, 0.15) is 39.0 Å². The first kappa shape index (κ1) is 14.8. The molecule has 1 aliphatic carbocycles. The van der Waals surface area contributed by atoms with E-state index >= 15 is 0 Å². The molecule has 2 N–H and O–H groups in total. The van der Waals surface area contributed by atoms with Gasteiger partial charge >= 0.3 is 0 Å². The Kier molecular flexibility index (Phi) is 5.67. The van der Waals surface area contributed by atoms with Crippen molar-refractivity contribution < 1.29 is 5.11 Å². The van der Waals surface area contributed by atoms with Gasteiger partial charge in [0.1, 0.15) is 0 Å². The van der Waals surface area contributed by atoms with Crippen LogP contribution in [0.3, 0.4) is 0 Å². The molecule has 3 nitrogen and oxygen atoms in total. The van der Waals surface area contributed by atoms with Gasteiger partial charge in [-0.25, -0.2) is 4.98 Å². The van der Waals surface area contributed by atoms with Crippen LogP contribution in [-0.4, -0.2) is 34.0 Å². The molecule has 1 aliphatic rings. The largest absolute Gasteiger partial charge is 0.394 e. The lowest BCUT2D eigenvalue weighted by Gasteiger charge is -2.29. The van der Waals surface area contributed by atoms with Crippen molar-refractivity contribution >= 4 is 11.8 Å².